The van der Waals surface area contributed by atoms with Gasteiger partial charge in [-0.2, -0.15) is 0 Å². The van der Waals surface area contributed by atoms with E-state index in [0.29, 0.717) is 22.4 Å². The van der Waals surface area contributed by atoms with Crippen LogP contribution in [0.15, 0.2) is 91.0 Å². The average molecular weight is 435 g/mol. The molecule has 3 nitrogen and oxygen atoms in total. The number of hydrogen-bond donors (Lipinski definition) is 0. The van der Waals surface area contributed by atoms with Gasteiger partial charge in [0.05, 0.1) is 7.11 Å². The van der Waals surface area contributed by atoms with E-state index in [0.717, 1.165) is 5.56 Å². The van der Waals surface area contributed by atoms with Crippen LogP contribution in [-0.2, 0) is 0 Å². The van der Waals surface area contributed by atoms with E-state index in [1.807, 2.05) is 60.7 Å². The van der Waals surface area contributed by atoms with Crippen LogP contribution >= 0.6 is 15.9 Å². The summed E-state index contributed by atoms with van der Waals surface area (Å²) in [4.78, 5) is 25.1. The number of methoxy groups -OCH3 is 1. The molecule has 3 rings (SSSR count). The van der Waals surface area contributed by atoms with Crippen molar-refractivity contribution in [2.45, 2.75) is 4.83 Å². The smallest absolute Gasteiger partial charge is 0.186 e. The maximum absolute atomic E-state index is 13.0. The number of ether oxygens (including phenoxy) is 1. The van der Waals surface area contributed by atoms with Crippen molar-refractivity contribution in [3.05, 3.63) is 108 Å². The topological polar surface area (TPSA) is 43.4 Å². The Kier molecular flexibility index (Phi) is 6.56. The minimum absolute atomic E-state index is 0.108. The van der Waals surface area contributed by atoms with Crippen molar-refractivity contribution in [3.8, 4) is 5.75 Å². The second-order valence-corrected chi connectivity index (χ2v) is 7.07. The third kappa shape index (κ3) is 4.65. The number of alkyl halides is 1. The monoisotopic (exact) mass is 434 g/mol. The molecule has 0 aromatic heterocycles. The molecule has 0 fully saturated rings. The number of allylic oxidation sites excluding steroid dienone is 2. The van der Waals surface area contributed by atoms with Gasteiger partial charge in [-0.25, -0.2) is 0 Å². The zero-order valence-electron chi connectivity index (χ0n) is 15.3. The summed E-state index contributed by atoms with van der Waals surface area (Å²) in [6.45, 7) is 0. The quantitative estimate of drug-likeness (QED) is 0.275. The fourth-order valence-corrected chi connectivity index (χ4v) is 3.46. The van der Waals surface area contributed by atoms with E-state index < -0.39 is 4.83 Å². The Morgan fingerprint density at radius 1 is 0.786 bits per heavy atom. The summed E-state index contributed by atoms with van der Waals surface area (Å²) < 4.78 is 5.21. The third-order valence-corrected chi connectivity index (χ3v) is 5.24. The van der Waals surface area contributed by atoms with Gasteiger partial charge in [0.2, 0.25) is 0 Å². The molecular formula is C24H19BrO3. The molecule has 0 amide bonds. The molecule has 28 heavy (non-hydrogen) atoms. The van der Waals surface area contributed by atoms with Gasteiger partial charge in [-0.05, 0) is 29.3 Å². The first-order valence-electron chi connectivity index (χ1n) is 8.79. The normalized spacial score (nSPS) is 12.3. The molecule has 0 saturated heterocycles. The molecule has 0 spiro atoms. The standard InChI is InChI=1S/C24H19BrO3/c1-28-20-14-12-17(13-15-20)21(16-22(26)18-8-4-2-5-9-18)23(25)24(27)19-10-6-3-7-11-19/h2-16,23H,1H3. The van der Waals surface area contributed by atoms with Crippen molar-refractivity contribution in [2.24, 2.45) is 0 Å². The van der Waals surface area contributed by atoms with Crippen LogP contribution in [-0.4, -0.2) is 23.5 Å². The van der Waals surface area contributed by atoms with E-state index in [1.165, 1.54) is 6.08 Å². The van der Waals surface area contributed by atoms with Crippen LogP contribution < -0.4 is 4.74 Å². The molecule has 0 radical (unpaired) electrons. The highest BCUT2D eigenvalue weighted by Gasteiger charge is 2.23. The van der Waals surface area contributed by atoms with E-state index in [4.69, 9.17) is 4.74 Å². The molecule has 1 unspecified atom stereocenters. The van der Waals surface area contributed by atoms with Gasteiger partial charge in [0.25, 0.3) is 0 Å². The van der Waals surface area contributed by atoms with Crippen molar-refractivity contribution in [1.82, 2.24) is 0 Å². The Morgan fingerprint density at radius 3 is 1.86 bits per heavy atom. The molecule has 0 aliphatic carbocycles. The van der Waals surface area contributed by atoms with Crippen molar-refractivity contribution >= 4 is 33.1 Å². The predicted molar refractivity (Wildman–Crippen MR) is 115 cm³/mol. The predicted octanol–water partition coefficient (Wildman–Crippen LogP) is 5.61. The molecule has 1 atom stereocenters. The molecule has 3 aromatic rings. The zero-order chi connectivity index (χ0) is 19.9. The number of hydrogen-bond acceptors (Lipinski definition) is 3. The summed E-state index contributed by atoms with van der Waals surface area (Å²) in [6, 6.07) is 25.3. The number of carbonyl (C=O) groups is 2. The first kappa shape index (κ1) is 19.8. The maximum Gasteiger partial charge on any atom is 0.186 e. The van der Waals surface area contributed by atoms with Gasteiger partial charge in [-0.3, -0.25) is 9.59 Å². The molecule has 3 aromatic carbocycles. The fraction of sp³-hybridized carbons (Fsp3) is 0.0833. The minimum Gasteiger partial charge on any atom is -0.497 e. The SMILES string of the molecule is COc1ccc(C(=CC(=O)c2ccccc2)C(Br)C(=O)c2ccccc2)cc1. The Labute approximate surface area is 172 Å². The minimum atomic E-state index is -0.657. The molecule has 0 N–H and O–H groups in total. The maximum atomic E-state index is 13.0. The average Bonchev–Trinajstić information content (AvgIpc) is 2.77. The molecule has 0 aliphatic heterocycles. The van der Waals surface area contributed by atoms with Crippen LogP contribution in [0.5, 0.6) is 5.75 Å². The first-order valence-corrected chi connectivity index (χ1v) is 9.70. The Morgan fingerprint density at radius 2 is 1.32 bits per heavy atom. The van der Waals surface area contributed by atoms with Crippen molar-refractivity contribution in [3.63, 3.8) is 0 Å². The molecule has 4 heteroatoms. The van der Waals surface area contributed by atoms with Crippen molar-refractivity contribution < 1.29 is 14.3 Å². The van der Waals surface area contributed by atoms with E-state index in [-0.39, 0.29) is 11.6 Å². The lowest BCUT2D eigenvalue weighted by molar-refractivity contribution is 0.100. The molecular weight excluding hydrogens is 416 g/mol. The molecule has 0 bridgehead atoms. The summed E-state index contributed by atoms with van der Waals surface area (Å²) >= 11 is 3.52. The van der Waals surface area contributed by atoms with Gasteiger partial charge in [0.1, 0.15) is 10.6 Å². The van der Waals surface area contributed by atoms with E-state index >= 15 is 0 Å². The lowest BCUT2D eigenvalue weighted by atomic mass is 9.95. The van der Waals surface area contributed by atoms with E-state index in [9.17, 15) is 9.59 Å². The first-order chi connectivity index (χ1) is 13.6. The van der Waals surface area contributed by atoms with Gasteiger partial charge in [-0.15, -0.1) is 0 Å². The molecule has 140 valence electrons. The third-order valence-electron chi connectivity index (χ3n) is 4.33. The lowest BCUT2D eigenvalue weighted by Crippen LogP contribution is -2.17. The molecule has 0 heterocycles. The number of ketones is 2. The largest absolute Gasteiger partial charge is 0.497 e. The number of rotatable bonds is 7. The van der Waals surface area contributed by atoms with Crippen LogP contribution in [0.3, 0.4) is 0 Å². The number of benzene rings is 3. The zero-order valence-corrected chi connectivity index (χ0v) is 16.9. The Balaban J connectivity index is 2.01. The lowest BCUT2D eigenvalue weighted by Gasteiger charge is -2.15. The second kappa shape index (κ2) is 9.29. The van der Waals surface area contributed by atoms with E-state index in [2.05, 4.69) is 15.9 Å². The van der Waals surface area contributed by atoms with Crippen LogP contribution in [0, 0.1) is 0 Å². The Hall–Kier alpha value is -2.98. The molecule has 0 saturated carbocycles. The van der Waals surface area contributed by atoms with Gasteiger partial charge < -0.3 is 4.74 Å². The summed E-state index contributed by atoms with van der Waals surface area (Å²) in [5.74, 6) is 0.443. The van der Waals surface area contributed by atoms with Gasteiger partial charge >= 0.3 is 0 Å². The highest BCUT2D eigenvalue weighted by Crippen LogP contribution is 2.29. The fourth-order valence-electron chi connectivity index (χ4n) is 2.80. The highest BCUT2D eigenvalue weighted by molar-refractivity contribution is 9.10. The van der Waals surface area contributed by atoms with E-state index in [1.54, 1.807) is 31.4 Å². The number of Topliss-reactive ketones (excluding diaryl/α,β-unsaturated/α-hetero) is 1. The van der Waals surface area contributed by atoms with Gasteiger partial charge in [-0.1, -0.05) is 88.7 Å². The summed E-state index contributed by atoms with van der Waals surface area (Å²) in [5, 5.41) is 0. The summed E-state index contributed by atoms with van der Waals surface area (Å²) in [5.41, 5.74) is 2.53. The second-order valence-electron chi connectivity index (χ2n) is 6.15. The highest BCUT2D eigenvalue weighted by atomic mass is 79.9. The van der Waals surface area contributed by atoms with Gasteiger partial charge in [0, 0.05) is 11.1 Å². The summed E-state index contributed by atoms with van der Waals surface area (Å²) in [7, 11) is 1.59. The number of halogens is 1. The number of carbonyl (C=O) groups excluding carboxylic acids is 2. The van der Waals surface area contributed by atoms with Crippen LogP contribution in [0.4, 0.5) is 0 Å². The van der Waals surface area contributed by atoms with Crippen LogP contribution in [0.2, 0.25) is 0 Å². The Bertz CT molecular complexity index is 977. The van der Waals surface area contributed by atoms with Crippen LogP contribution in [0.25, 0.3) is 5.57 Å². The summed E-state index contributed by atoms with van der Waals surface area (Å²) in [6.07, 6.45) is 1.53. The van der Waals surface area contributed by atoms with Crippen molar-refractivity contribution in [1.29, 1.82) is 0 Å². The van der Waals surface area contributed by atoms with Crippen LogP contribution in [0.1, 0.15) is 26.3 Å². The van der Waals surface area contributed by atoms with Gasteiger partial charge in [0.15, 0.2) is 11.6 Å². The van der Waals surface area contributed by atoms with Crippen molar-refractivity contribution in [2.75, 3.05) is 7.11 Å². The molecule has 0 aliphatic rings.